The molecule has 22 heavy (non-hydrogen) atoms. The zero-order valence-corrected chi connectivity index (χ0v) is 13.3. The van der Waals surface area contributed by atoms with Crippen LogP contribution in [-0.4, -0.2) is 56.0 Å². The van der Waals surface area contributed by atoms with Crippen LogP contribution in [0, 0.1) is 5.92 Å². The molecule has 1 atom stereocenters. The van der Waals surface area contributed by atoms with Crippen LogP contribution in [0.2, 0.25) is 0 Å². The van der Waals surface area contributed by atoms with Crippen molar-refractivity contribution in [2.24, 2.45) is 5.92 Å². The monoisotopic (exact) mass is 306 g/mol. The summed E-state index contributed by atoms with van der Waals surface area (Å²) in [4.78, 5) is 2.56. The van der Waals surface area contributed by atoms with E-state index in [0.29, 0.717) is 11.8 Å². The van der Waals surface area contributed by atoms with Crippen molar-refractivity contribution in [3.05, 3.63) is 23.8 Å². The molecular weight excluding hydrogens is 280 g/mol. The Kier molecular flexibility index (Phi) is 5.18. The standard InChI is InChI=1S/C17H26N2O3/c1-21-17-10-13(2-3-16(17)22-9-8-20)11-18-15-12-19-6-4-14(15)5-7-19/h2-3,10,14-15,18,20H,4-9,11-12H2,1H3. The lowest BCUT2D eigenvalue weighted by atomic mass is 9.84. The minimum Gasteiger partial charge on any atom is -0.493 e. The fourth-order valence-electron chi connectivity index (χ4n) is 3.54. The number of ether oxygens (including phenoxy) is 2. The molecule has 2 bridgehead atoms. The SMILES string of the molecule is COc1cc(CNC2CN3CCC2CC3)ccc1OCCO. The van der Waals surface area contributed by atoms with Crippen molar-refractivity contribution in [3.63, 3.8) is 0 Å². The predicted molar refractivity (Wildman–Crippen MR) is 85.4 cm³/mol. The molecule has 0 aromatic heterocycles. The highest BCUT2D eigenvalue weighted by Gasteiger charge is 2.33. The molecule has 5 heteroatoms. The second-order valence-corrected chi connectivity index (χ2v) is 6.18. The topological polar surface area (TPSA) is 54.0 Å². The third kappa shape index (κ3) is 3.54. The molecule has 122 valence electrons. The van der Waals surface area contributed by atoms with E-state index in [-0.39, 0.29) is 13.2 Å². The maximum atomic E-state index is 8.85. The Labute approximate surface area is 132 Å². The molecule has 2 N–H and O–H groups in total. The zero-order valence-electron chi connectivity index (χ0n) is 13.3. The molecule has 0 spiro atoms. The van der Waals surface area contributed by atoms with Crippen LogP contribution >= 0.6 is 0 Å². The lowest BCUT2D eigenvalue weighted by Gasteiger charge is -2.45. The molecule has 3 aliphatic rings. The number of aliphatic hydroxyl groups excluding tert-OH is 1. The van der Waals surface area contributed by atoms with Crippen LogP contribution in [0.15, 0.2) is 18.2 Å². The first-order valence-corrected chi connectivity index (χ1v) is 8.16. The van der Waals surface area contributed by atoms with Gasteiger partial charge < -0.3 is 24.8 Å². The van der Waals surface area contributed by atoms with Gasteiger partial charge in [0.2, 0.25) is 0 Å². The molecule has 0 aliphatic carbocycles. The largest absolute Gasteiger partial charge is 0.493 e. The summed E-state index contributed by atoms with van der Waals surface area (Å²) in [5, 5.41) is 12.6. The van der Waals surface area contributed by atoms with Crippen LogP contribution in [0.25, 0.3) is 0 Å². The number of rotatable bonds is 7. The second kappa shape index (κ2) is 7.31. The Bertz CT molecular complexity index is 487. The number of hydrogen-bond donors (Lipinski definition) is 2. The van der Waals surface area contributed by atoms with Gasteiger partial charge in [-0.25, -0.2) is 0 Å². The van der Waals surface area contributed by atoms with Crippen molar-refractivity contribution in [3.8, 4) is 11.5 Å². The molecule has 0 saturated carbocycles. The molecule has 3 aliphatic heterocycles. The Morgan fingerprint density at radius 3 is 2.73 bits per heavy atom. The molecule has 1 aromatic carbocycles. The molecule has 3 saturated heterocycles. The van der Waals surface area contributed by atoms with Gasteiger partial charge in [0.1, 0.15) is 6.61 Å². The maximum Gasteiger partial charge on any atom is 0.161 e. The number of aliphatic hydroxyl groups is 1. The highest BCUT2D eigenvalue weighted by molar-refractivity contribution is 5.43. The number of piperidine rings is 3. The van der Waals surface area contributed by atoms with Gasteiger partial charge in [0.15, 0.2) is 11.5 Å². The first-order chi connectivity index (χ1) is 10.8. The van der Waals surface area contributed by atoms with Crippen LogP contribution in [0.3, 0.4) is 0 Å². The minimum atomic E-state index is 0.00598. The number of hydrogen-bond acceptors (Lipinski definition) is 5. The zero-order chi connectivity index (χ0) is 15.4. The van der Waals surface area contributed by atoms with E-state index in [1.165, 1.54) is 38.0 Å². The highest BCUT2D eigenvalue weighted by atomic mass is 16.5. The van der Waals surface area contributed by atoms with Crippen LogP contribution in [0.5, 0.6) is 11.5 Å². The van der Waals surface area contributed by atoms with E-state index in [2.05, 4.69) is 16.3 Å². The minimum absolute atomic E-state index is 0.00598. The third-order valence-corrected chi connectivity index (χ3v) is 4.80. The van der Waals surface area contributed by atoms with E-state index in [1.807, 2.05) is 12.1 Å². The number of nitrogens with zero attached hydrogens (tertiary/aromatic N) is 1. The van der Waals surface area contributed by atoms with Gasteiger partial charge in [0.05, 0.1) is 13.7 Å². The van der Waals surface area contributed by atoms with Gasteiger partial charge in [-0.3, -0.25) is 0 Å². The summed E-state index contributed by atoms with van der Waals surface area (Å²) < 4.78 is 10.8. The smallest absolute Gasteiger partial charge is 0.161 e. The predicted octanol–water partition coefficient (Wildman–Crippen LogP) is 1.25. The molecule has 1 unspecified atom stereocenters. The molecule has 3 heterocycles. The molecule has 3 fully saturated rings. The van der Waals surface area contributed by atoms with Crippen molar-refractivity contribution in [2.75, 3.05) is 40.0 Å². The van der Waals surface area contributed by atoms with Crippen LogP contribution in [-0.2, 0) is 6.54 Å². The van der Waals surface area contributed by atoms with Gasteiger partial charge >= 0.3 is 0 Å². The molecule has 0 amide bonds. The summed E-state index contributed by atoms with van der Waals surface area (Å²) in [6.45, 7) is 4.87. The fourth-order valence-corrected chi connectivity index (χ4v) is 3.54. The quantitative estimate of drug-likeness (QED) is 0.794. The summed E-state index contributed by atoms with van der Waals surface area (Å²) in [6, 6.07) is 6.60. The third-order valence-electron chi connectivity index (χ3n) is 4.80. The fraction of sp³-hybridized carbons (Fsp3) is 0.647. The Morgan fingerprint density at radius 2 is 2.09 bits per heavy atom. The van der Waals surface area contributed by atoms with E-state index < -0.39 is 0 Å². The summed E-state index contributed by atoms with van der Waals surface area (Å²) in [5.41, 5.74) is 1.20. The number of benzene rings is 1. The van der Waals surface area contributed by atoms with Gasteiger partial charge in [-0.1, -0.05) is 6.07 Å². The second-order valence-electron chi connectivity index (χ2n) is 6.18. The first-order valence-electron chi connectivity index (χ1n) is 8.16. The summed E-state index contributed by atoms with van der Waals surface area (Å²) in [5.74, 6) is 2.24. The van der Waals surface area contributed by atoms with Crippen LogP contribution in [0.4, 0.5) is 0 Å². The van der Waals surface area contributed by atoms with E-state index >= 15 is 0 Å². The number of nitrogens with one attached hydrogen (secondary N) is 1. The van der Waals surface area contributed by atoms with Gasteiger partial charge in [-0.2, -0.15) is 0 Å². The van der Waals surface area contributed by atoms with Crippen LogP contribution in [0.1, 0.15) is 18.4 Å². The molecular formula is C17H26N2O3. The van der Waals surface area contributed by atoms with Gasteiger partial charge in [-0.15, -0.1) is 0 Å². The van der Waals surface area contributed by atoms with Crippen molar-refractivity contribution >= 4 is 0 Å². The number of methoxy groups -OCH3 is 1. The normalized spacial score (nSPS) is 26.9. The maximum absolute atomic E-state index is 8.85. The van der Waals surface area contributed by atoms with E-state index in [4.69, 9.17) is 14.6 Å². The summed E-state index contributed by atoms with van der Waals surface area (Å²) in [7, 11) is 1.64. The highest BCUT2D eigenvalue weighted by Crippen LogP contribution is 2.30. The van der Waals surface area contributed by atoms with Crippen molar-refractivity contribution < 1.29 is 14.6 Å². The van der Waals surface area contributed by atoms with Gasteiger partial charge in [0.25, 0.3) is 0 Å². The van der Waals surface area contributed by atoms with Gasteiger partial charge in [-0.05, 0) is 49.5 Å². The lowest BCUT2D eigenvalue weighted by molar-refractivity contribution is 0.0720. The summed E-state index contributed by atoms with van der Waals surface area (Å²) >= 11 is 0. The Morgan fingerprint density at radius 1 is 1.27 bits per heavy atom. The lowest BCUT2D eigenvalue weighted by Crippen LogP contribution is -2.55. The van der Waals surface area contributed by atoms with Crippen LogP contribution < -0.4 is 14.8 Å². The summed E-state index contributed by atoms with van der Waals surface area (Å²) in [6.07, 6.45) is 2.66. The van der Waals surface area contributed by atoms with E-state index in [1.54, 1.807) is 7.11 Å². The first kappa shape index (κ1) is 15.6. The van der Waals surface area contributed by atoms with Gasteiger partial charge in [0, 0.05) is 19.1 Å². The van der Waals surface area contributed by atoms with Crippen molar-refractivity contribution in [1.82, 2.24) is 10.2 Å². The molecule has 1 aromatic rings. The van der Waals surface area contributed by atoms with Crippen molar-refractivity contribution in [1.29, 1.82) is 0 Å². The average molecular weight is 306 g/mol. The number of fused-ring (bicyclic) bond motifs is 3. The Hall–Kier alpha value is -1.30. The van der Waals surface area contributed by atoms with Crippen molar-refractivity contribution in [2.45, 2.75) is 25.4 Å². The molecule has 4 rings (SSSR count). The van der Waals surface area contributed by atoms with E-state index in [9.17, 15) is 0 Å². The molecule has 0 radical (unpaired) electrons. The Balaban J connectivity index is 1.58. The van der Waals surface area contributed by atoms with E-state index in [0.717, 1.165) is 18.2 Å². The molecule has 5 nitrogen and oxygen atoms in total. The average Bonchev–Trinajstić information content (AvgIpc) is 2.59.